The van der Waals surface area contributed by atoms with E-state index in [1.165, 1.54) is 6.92 Å². The second kappa shape index (κ2) is 2.75. The molecule has 0 amide bonds. The summed E-state index contributed by atoms with van der Waals surface area (Å²) < 4.78 is 5.38. The van der Waals surface area contributed by atoms with Crippen molar-refractivity contribution >= 4 is 12.8 Å². The molecule has 11 heavy (non-hydrogen) atoms. The Kier molecular flexibility index (Phi) is 2.72. The minimum atomic E-state index is -2.16. The zero-order chi connectivity index (χ0) is 9.31. The fourth-order valence-electron chi connectivity index (χ4n) is 0.565. The van der Waals surface area contributed by atoms with Gasteiger partial charge >= 0.3 is 68.5 Å². The van der Waals surface area contributed by atoms with Gasteiger partial charge in [0.25, 0.3) is 0 Å². The summed E-state index contributed by atoms with van der Waals surface area (Å²) in [6.07, 6.45) is 0. The average Bonchev–Trinajstić information content (AvgIpc) is 1.57. The zero-order valence-corrected chi connectivity index (χ0v) is 9.24. The molecule has 3 heteroatoms. The molecule has 0 aliphatic heterocycles. The first-order valence-corrected chi connectivity index (χ1v) is 7.41. The molecule has 0 fully saturated rings. The van der Waals surface area contributed by atoms with E-state index in [1.807, 2.05) is 0 Å². The van der Waals surface area contributed by atoms with Crippen molar-refractivity contribution < 1.29 is 9.32 Å². The van der Waals surface area contributed by atoms with Gasteiger partial charge in [0.2, 0.25) is 0 Å². The van der Waals surface area contributed by atoms with Gasteiger partial charge < -0.3 is 0 Å². The summed E-state index contributed by atoms with van der Waals surface area (Å²) in [7, 11) is 0. The summed E-state index contributed by atoms with van der Waals surface area (Å²) in [5, 5.41) is 0. The molecule has 68 valence electrons. The van der Waals surface area contributed by atoms with Gasteiger partial charge in [0.15, 0.2) is 0 Å². The van der Waals surface area contributed by atoms with Gasteiger partial charge in [-0.15, -0.1) is 0 Å². The molecule has 0 aromatic carbocycles. The van der Waals surface area contributed by atoms with Crippen LogP contribution in [-0.2, 0) is 9.32 Å². The number of rotatable bonds is 2. The standard InChI is InChI=1S/C8H19O2P/c1-7(2)11(4,5,6)10-8(3)9/h7H,1-6H3. The molecule has 0 atom stereocenters. The second-order valence-corrected chi connectivity index (χ2v) is 11.2. The van der Waals surface area contributed by atoms with Gasteiger partial charge in [-0.05, 0) is 0 Å². The first kappa shape index (κ1) is 10.9. The van der Waals surface area contributed by atoms with Gasteiger partial charge in [-0.25, -0.2) is 0 Å². The van der Waals surface area contributed by atoms with Crippen LogP contribution >= 0.6 is 6.83 Å². The van der Waals surface area contributed by atoms with Crippen LogP contribution in [0.2, 0.25) is 0 Å². The quantitative estimate of drug-likeness (QED) is 0.606. The molecule has 0 bridgehead atoms. The Morgan fingerprint density at radius 3 is 1.73 bits per heavy atom. The van der Waals surface area contributed by atoms with Gasteiger partial charge in [-0.3, -0.25) is 0 Å². The zero-order valence-electron chi connectivity index (χ0n) is 8.34. The van der Waals surface area contributed by atoms with E-state index in [0.29, 0.717) is 5.66 Å². The van der Waals surface area contributed by atoms with Crippen LogP contribution in [0.1, 0.15) is 20.8 Å². The summed E-state index contributed by atoms with van der Waals surface area (Å²) in [5.74, 6) is -0.163. The van der Waals surface area contributed by atoms with Crippen LogP contribution in [0.4, 0.5) is 0 Å². The predicted octanol–water partition coefficient (Wildman–Crippen LogP) is 2.32. The van der Waals surface area contributed by atoms with E-state index in [0.717, 1.165) is 0 Å². The number of carbonyl (C=O) groups is 1. The Morgan fingerprint density at radius 1 is 1.27 bits per heavy atom. The normalized spacial score (nSPS) is 15.7. The van der Waals surface area contributed by atoms with Gasteiger partial charge in [0.1, 0.15) is 0 Å². The molecular weight excluding hydrogens is 159 g/mol. The molecular formula is C8H19O2P. The Labute approximate surface area is 69.3 Å². The van der Waals surface area contributed by atoms with Crippen LogP contribution in [0.25, 0.3) is 0 Å². The molecule has 0 aliphatic carbocycles. The first-order chi connectivity index (χ1) is 4.63. The fraction of sp³-hybridized carbons (Fsp3) is 0.875. The van der Waals surface area contributed by atoms with Crippen LogP contribution in [0.15, 0.2) is 0 Å². The van der Waals surface area contributed by atoms with Crippen LogP contribution in [-0.4, -0.2) is 31.6 Å². The van der Waals surface area contributed by atoms with E-state index < -0.39 is 6.83 Å². The van der Waals surface area contributed by atoms with Crippen LogP contribution in [0.5, 0.6) is 0 Å². The van der Waals surface area contributed by atoms with Gasteiger partial charge in [0, 0.05) is 0 Å². The maximum absolute atomic E-state index is 10.8. The van der Waals surface area contributed by atoms with Crippen molar-refractivity contribution in [2.45, 2.75) is 26.4 Å². The molecule has 0 aliphatic rings. The summed E-state index contributed by atoms with van der Waals surface area (Å²) in [6, 6.07) is 0. The van der Waals surface area contributed by atoms with Gasteiger partial charge in [-0.2, -0.15) is 0 Å². The summed E-state index contributed by atoms with van der Waals surface area (Å²) in [6.45, 7) is 9.71. The van der Waals surface area contributed by atoms with E-state index >= 15 is 0 Å². The molecule has 0 radical (unpaired) electrons. The predicted molar refractivity (Wildman–Crippen MR) is 51.6 cm³/mol. The SMILES string of the molecule is CC(=O)OP(C)(C)(C)C(C)C. The van der Waals surface area contributed by atoms with Crippen molar-refractivity contribution in [3.63, 3.8) is 0 Å². The Balaban J connectivity index is 4.51. The topological polar surface area (TPSA) is 26.3 Å². The molecule has 0 heterocycles. The third-order valence-electron chi connectivity index (χ3n) is 2.22. The monoisotopic (exact) mass is 178 g/mol. The molecule has 0 aromatic rings. The van der Waals surface area contributed by atoms with Crippen molar-refractivity contribution in [3.8, 4) is 0 Å². The van der Waals surface area contributed by atoms with E-state index in [-0.39, 0.29) is 5.97 Å². The molecule has 0 spiro atoms. The third kappa shape index (κ3) is 3.20. The molecule has 0 unspecified atom stereocenters. The molecule has 0 saturated carbocycles. The molecule has 0 aromatic heterocycles. The maximum atomic E-state index is 10.8. The summed E-state index contributed by atoms with van der Waals surface area (Å²) >= 11 is 0. The van der Waals surface area contributed by atoms with Crippen LogP contribution in [0.3, 0.4) is 0 Å². The second-order valence-electron chi connectivity index (χ2n) is 4.45. The Bertz CT molecular complexity index is 165. The fourth-order valence-corrected chi connectivity index (χ4v) is 1.70. The molecule has 0 rings (SSSR count). The van der Waals surface area contributed by atoms with Crippen molar-refractivity contribution in [1.82, 2.24) is 0 Å². The molecule has 0 saturated heterocycles. The minimum absolute atomic E-state index is 0.163. The van der Waals surface area contributed by atoms with Crippen molar-refractivity contribution in [1.29, 1.82) is 0 Å². The van der Waals surface area contributed by atoms with Crippen LogP contribution < -0.4 is 0 Å². The summed E-state index contributed by atoms with van der Waals surface area (Å²) in [5.41, 5.74) is 0.435. The average molecular weight is 178 g/mol. The van der Waals surface area contributed by atoms with E-state index in [4.69, 9.17) is 4.52 Å². The number of hydrogen-bond donors (Lipinski definition) is 0. The van der Waals surface area contributed by atoms with Crippen molar-refractivity contribution in [3.05, 3.63) is 0 Å². The number of hydrogen-bond acceptors (Lipinski definition) is 2. The van der Waals surface area contributed by atoms with E-state index in [2.05, 4.69) is 33.8 Å². The Morgan fingerprint density at radius 2 is 1.64 bits per heavy atom. The Hall–Kier alpha value is -0.100. The van der Waals surface area contributed by atoms with Crippen LogP contribution in [0, 0.1) is 0 Å². The van der Waals surface area contributed by atoms with E-state index in [1.54, 1.807) is 0 Å². The van der Waals surface area contributed by atoms with E-state index in [9.17, 15) is 4.79 Å². The number of carbonyl (C=O) groups excluding carboxylic acids is 1. The van der Waals surface area contributed by atoms with Crippen molar-refractivity contribution in [2.24, 2.45) is 0 Å². The first-order valence-electron chi connectivity index (χ1n) is 3.85. The molecule has 2 nitrogen and oxygen atoms in total. The molecule has 0 N–H and O–H groups in total. The van der Waals surface area contributed by atoms with Gasteiger partial charge in [0.05, 0.1) is 0 Å². The van der Waals surface area contributed by atoms with Gasteiger partial charge in [-0.1, -0.05) is 0 Å². The third-order valence-corrected chi connectivity index (χ3v) is 6.65. The van der Waals surface area contributed by atoms with Crippen molar-refractivity contribution in [2.75, 3.05) is 20.0 Å². The summed E-state index contributed by atoms with van der Waals surface area (Å²) in [4.78, 5) is 10.8.